The Kier molecular flexibility index (Phi) is 8.26. The number of rotatable bonds is 8. The van der Waals surface area contributed by atoms with Gasteiger partial charge in [0.25, 0.3) is 5.91 Å². The molecule has 0 spiro atoms. The van der Waals surface area contributed by atoms with Crippen LogP contribution in [0.2, 0.25) is 0 Å². The maximum atomic E-state index is 13.4. The van der Waals surface area contributed by atoms with E-state index in [-0.39, 0.29) is 17.6 Å². The fraction of sp³-hybridized carbons (Fsp3) is 0.179. The molecule has 0 saturated carbocycles. The number of carbonyl (C=O) groups is 2. The fourth-order valence-corrected chi connectivity index (χ4v) is 5.80. The molecule has 0 bridgehead atoms. The largest absolute Gasteiger partial charge is 0.353 e. The molecule has 0 radical (unpaired) electrons. The van der Waals surface area contributed by atoms with E-state index in [0.717, 1.165) is 22.5 Å². The van der Waals surface area contributed by atoms with E-state index >= 15 is 0 Å². The van der Waals surface area contributed by atoms with Crippen molar-refractivity contribution in [1.29, 1.82) is 5.26 Å². The summed E-state index contributed by atoms with van der Waals surface area (Å²) in [5.74, 6) is -0.822. The molecule has 36 heavy (non-hydrogen) atoms. The molecular formula is C28H26N4O2S2. The van der Waals surface area contributed by atoms with Crippen molar-refractivity contribution in [2.75, 3.05) is 16.4 Å². The van der Waals surface area contributed by atoms with Gasteiger partial charge in [-0.2, -0.15) is 5.26 Å². The number of thiophene rings is 1. The monoisotopic (exact) mass is 514 g/mol. The number of nitriles is 1. The van der Waals surface area contributed by atoms with Crippen LogP contribution in [0.15, 0.2) is 94.0 Å². The lowest BCUT2D eigenvalue weighted by molar-refractivity contribution is -0.114. The van der Waals surface area contributed by atoms with E-state index in [9.17, 15) is 14.9 Å². The smallest absolute Gasteiger partial charge is 0.254 e. The number of para-hydroxylation sites is 2. The summed E-state index contributed by atoms with van der Waals surface area (Å²) in [5.41, 5.74) is 4.11. The van der Waals surface area contributed by atoms with Crippen LogP contribution in [-0.4, -0.2) is 17.6 Å². The average molecular weight is 515 g/mol. The van der Waals surface area contributed by atoms with Crippen LogP contribution < -0.4 is 16.0 Å². The Morgan fingerprint density at radius 2 is 1.81 bits per heavy atom. The number of thioether (sulfide) groups is 1. The number of carbonyl (C=O) groups excluding carboxylic acids is 2. The zero-order valence-electron chi connectivity index (χ0n) is 20.0. The molecule has 6 nitrogen and oxygen atoms in total. The highest BCUT2D eigenvalue weighted by molar-refractivity contribution is 8.03. The first-order valence-electron chi connectivity index (χ1n) is 11.5. The van der Waals surface area contributed by atoms with E-state index in [4.69, 9.17) is 0 Å². The van der Waals surface area contributed by atoms with E-state index in [1.165, 1.54) is 23.1 Å². The van der Waals surface area contributed by atoms with Crippen molar-refractivity contribution in [3.8, 4) is 6.07 Å². The molecule has 8 heteroatoms. The number of hydrogen-bond acceptors (Lipinski definition) is 6. The third kappa shape index (κ3) is 5.70. The van der Waals surface area contributed by atoms with Crippen molar-refractivity contribution in [2.24, 2.45) is 0 Å². The maximum Gasteiger partial charge on any atom is 0.254 e. The van der Waals surface area contributed by atoms with Crippen molar-refractivity contribution in [3.05, 3.63) is 104 Å². The standard InChI is InChI=1S/C28H26N4O2S2/c1-3-19-10-7-8-13-22(19)32-24(33)17-36-28-21(16-29)26(23-14-9-15-35-23)25(18(2)30-28)27(34)31-20-11-5-4-6-12-20/h4-15,26,30H,3,17H2,1-2H3,(H,31,34)(H,32,33). The maximum absolute atomic E-state index is 13.4. The normalized spacial score (nSPS) is 15.2. The van der Waals surface area contributed by atoms with E-state index in [0.29, 0.717) is 27.6 Å². The van der Waals surface area contributed by atoms with Gasteiger partial charge < -0.3 is 16.0 Å². The molecule has 2 aromatic carbocycles. The van der Waals surface area contributed by atoms with Crippen molar-refractivity contribution >= 4 is 46.3 Å². The van der Waals surface area contributed by atoms with Crippen LogP contribution in [0.4, 0.5) is 11.4 Å². The van der Waals surface area contributed by atoms with Gasteiger partial charge in [0.1, 0.15) is 0 Å². The van der Waals surface area contributed by atoms with Crippen molar-refractivity contribution in [2.45, 2.75) is 26.2 Å². The van der Waals surface area contributed by atoms with E-state index < -0.39 is 5.92 Å². The zero-order chi connectivity index (χ0) is 25.5. The molecule has 1 aliphatic rings. The van der Waals surface area contributed by atoms with E-state index in [2.05, 4.69) is 22.0 Å². The number of hydrogen-bond donors (Lipinski definition) is 3. The number of allylic oxidation sites excluding steroid dienone is 2. The molecule has 1 aliphatic heterocycles. The van der Waals surface area contributed by atoms with Crippen molar-refractivity contribution in [3.63, 3.8) is 0 Å². The van der Waals surface area contributed by atoms with Gasteiger partial charge in [0, 0.05) is 27.5 Å². The van der Waals surface area contributed by atoms with Gasteiger partial charge in [-0.3, -0.25) is 9.59 Å². The molecule has 1 atom stereocenters. The minimum absolute atomic E-state index is 0.127. The van der Waals surface area contributed by atoms with Gasteiger partial charge in [-0.25, -0.2) is 0 Å². The summed E-state index contributed by atoms with van der Waals surface area (Å²) in [6.07, 6.45) is 0.815. The van der Waals surface area contributed by atoms with Gasteiger partial charge in [-0.15, -0.1) is 11.3 Å². The lowest BCUT2D eigenvalue weighted by Crippen LogP contribution is -2.30. The second kappa shape index (κ2) is 11.8. The third-order valence-electron chi connectivity index (χ3n) is 5.77. The SMILES string of the molecule is CCc1ccccc1NC(=O)CSC1=C(C#N)C(c2cccs2)C(C(=O)Nc2ccccc2)=C(C)N1. The lowest BCUT2D eigenvalue weighted by atomic mass is 9.86. The molecule has 3 aromatic rings. The predicted octanol–water partition coefficient (Wildman–Crippen LogP) is 6.02. The van der Waals surface area contributed by atoms with Crippen LogP contribution >= 0.6 is 23.1 Å². The Morgan fingerprint density at radius 3 is 2.50 bits per heavy atom. The van der Waals surface area contributed by atoms with Gasteiger partial charge in [-0.05, 0) is 48.6 Å². The number of aryl methyl sites for hydroxylation is 1. The van der Waals surface area contributed by atoms with Crippen molar-refractivity contribution in [1.82, 2.24) is 5.32 Å². The van der Waals surface area contributed by atoms with Crippen LogP contribution in [0.1, 0.15) is 30.2 Å². The van der Waals surface area contributed by atoms with E-state index in [1.54, 1.807) is 0 Å². The second-order valence-electron chi connectivity index (χ2n) is 8.13. The minimum Gasteiger partial charge on any atom is -0.353 e. The van der Waals surface area contributed by atoms with Crippen LogP contribution in [-0.2, 0) is 16.0 Å². The van der Waals surface area contributed by atoms with Gasteiger partial charge in [0.15, 0.2) is 0 Å². The number of nitrogens with one attached hydrogen (secondary N) is 3. The molecule has 4 rings (SSSR count). The Labute approximate surface area is 219 Å². The molecule has 0 fully saturated rings. The van der Waals surface area contributed by atoms with E-state index in [1.807, 2.05) is 86.0 Å². The number of nitrogens with zero attached hydrogens (tertiary/aromatic N) is 1. The van der Waals surface area contributed by atoms with Crippen LogP contribution in [0.25, 0.3) is 0 Å². The third-order valence-corrected chi connectivity index (χ3v) is 7.73. The zero-order valence-corrected chi connectivity index (χ0v) is 21.6. The molecule has 182 valence electrons. The Bertz CT molecular complexity index is 1360. The highest BCUT2D eigenvalue weighted by Gasteiger charge is 2.35. The molecule has 3 N–H and O–H groups in total. The van der Waals surface area contributed by atoms with Gasteiger partial charge in [0.05, 0.1) is 28.3 Å². The summed E-state index contributed by atoms with van der Waals surface area (Å²) < 4.78 is 0. The topological polar surface area (TPSA) is 94.0 Å². The summed E-state index contributed by atoms with van der Waals surface area (Å²) in [6, 6.07) is 23.1. The van der Waals surface area contributed by atoms with Gasteiger partial charge in [-0.1, -0.05) is 61.2 Å². The summed E-state index contributed by atoms with van der Waals surface area (Å²) >= 11 is 2.76. The molecule has 0 saturated heterocycles. The summed E-state index contributed by atoms with van der Waals surface area (Å²) in [4.78, 5) is 27.0. The second-order valence-corrected chi connectivity index (χ2v) is 10.1. The van der Waals surface area contributed by atoms with Crippen LogP contribution in [0.3, 0.4) is 0 Å². The quantitative estimate of drug-likeness (QED) is 0.342. The summed E-state index contributed by atoms with van der Waals surface area (Å²) in [6.45, 7) is 3.87. The first kappa shape index (κ1) is 25.3. The summed E-state index contributed by atoms with van der Waals surface area (Å²) in [5, 5.41) is 21.8. The highest BCUT2D eigenvalue weighted by Crippen LogP contribution is 2.42. The fourth-order valence-electron chi connectivity index (χ4n) is 4.06. The lowest BCUT2D eigenvalue weighted by Gasteiger charge is -2.29. The van der Waals surface area contributed by atoms with Crippen LogP contribution in [0, 0.1) is 11.3 Å². The molecule has 2 heterocycles. The Hall–Kier alpha value is -3.80. The number of anilines is 2. The Morgan fingerprint density at radius 1 is 1.06 bits per heavy atom. The van der Waals surface area contributed by atoms with Crippen LogP contribution in [0.5, 0.6) is 0 Å². The number of dihydropyridines is 1. The number of amides is 2. The Balaban J connectivity index is 1.58. The van der Waals surface area contributed by atoms with Gasteiger partial charge >= 0.3 is 0 Å². The minimum atomic E-state index is -0.522. The predicted molar refractivity (Wildman–Crippen MR) is 148 cm³/mol. The first-order chi connectivity index (χ1) is 17.5. The molecular weight excluding hydrogens is 488 g/mol. The highest BCUT2D eigenvalue weighted by atomic mass is 32.2. The number of benzene rings is 2. The molecule has 1 unspecified atom stereocenters. The first-order valence-corrected chi connectivity index (χ1v) is 13.4. The summed E-state index contributed by atoms with van der Waals surface area (Å²) in [7, 11) is 0. The van der Waals surface area contributed by atoms with Gasteiger partial charge in [0.2, 0.25) is 5.91 Å². The average Bonchev–Trinajstić information content (AvgIpc) is 3.42. The molecule has 1 aromatic heterocycles. The molecule has 0 aliphatic carbocycles. The van der Waals surface area contributed by atoms with Crippen molar-refractivity contribution < 1.29 is 9.59 Å². The molecule has 2 amide bonds.